The molecule has 3 rings (SSSR count). The second kappa shape index (κ2) is 5.79. The standard InChI is InChI=1S/C17H24N2/c1-19-10-9-16-11-15(7-8-17(16)19)13-18-12-14-5-3-2-4-6-14/h2-3,7-8,11,14,18H,4-6,9-10,12-13H2,1H3. The minimum absolute atomic E-state index is 0.838. The van der Waals surface area contributed by atoms with Crippen molar-refractivity contribution in [2.75, 3.05) is 25.0 Å². The zero-order chi connectivity index (χ0) is 13.1. The predicted octanol–water partition coefficient (Wildman–Crippen LogP) is 3.12. The Kier molecular flexibility index (Phi) is 3.88. The zero-order valence-electron chi connectivity index (χ0n) is 11.9. The Morgan fingerprint density at radius 2 is 2.26 bits per heavy atom. The largest absolute Gasteiger partial charge is 0.374 e. The number of hydrogen-bond donors (Lipinski definition) is 1. The summed E-state index contributed by atoms with van der Waals surface area (Å²) in [6.07, 6.45) is 9.71. The number of hydrogen-bond acceptors (Lipinski definition) is 2. The van der Waals surface area contributed by atoms with E-state index in [0.29, 0.717) is 0 Å². The Hall–Kier alpha value is -1.28. The van der Waals surface area contributed by atoms with Crippen LogP contribution in [-0.4, -0.2) is 20.1 Å². The zero-order valence-corrected chi connectivity index (χ0v) is 11.9. The Morgan fingerprint density at radius 3 is 3.11 bits per heavy atom. The first kappa shape index (κ1) is 12.7. The Balaban J connectivity index is 1.52. The van der Waals surface area contributed by atoms with E-state index in [9.17, 15) is 0 Å². The van der Waals surface area contributed by atoms with Crippen molar-refractivity contribution < 1.29 is 0 Å². The van der Waals surface area contributed by atoms with Crippen LogP contribution in [0.15, 0.2) is 30.4 Å². The third kappa shape index (κ3) is 3.01. The maximum Gasteiger partial charge on any atom is 0.0397 e. The van der Waals surface area contributed by atoms with Gasteiger partial charge in [0.15, 0.2) is 0 Å². The summed E-state index contributed by atoms with van der Waals surface area (Å²) in [7, 11) is 2.18. The normalized spacial score (nSPS) is 21.7. The van der Waals surface area contributed by atoms with Crippen molar-refractivity contribution >= 4 is 5.69 Å². The van der Waals surface area contributed by atoms with Gasteiger partial charge in [0.25, 0.3) is 0 Å². The molecule has 1 aliphatic carbocycles. The Labute approximate surface area is 116 Å². The van der Waals surface area contributed by atoms with Crippen LogP contribution in [0.5, 0.6) is 0 Å². The number of nitrogens with zero attached hydrogens (tertiary/aromatic N) is 1. The van der Waals surface area contributed by atoms with Crippen LogP contribution in [0.2, 0.25) is 0 Å². The van der Waals surface area contributed by atoms with Crippen LogP contribution in [0.3, 0.4) is 0 Å². The molecule has 1 N–H and O–H groups in total. The summed E-state index contributed by atoms with van der Waals surface area (Å²) in [4.78, 5) is 2.35. The third-order valence-corrected chi connectivity index (χ3v) is 4.41. The summed E-state index contributed by atoms with van der Waals surface area (Å²) in [5, 5.41) is 3.63. The van der Waals surface area contributed by atoms with Crippen molar-refractivity contribution in [3.8, 4) is 0 Å². The molecule has 0 bridgehead atoms. The minimum atomic E-state index is 0.838. The van der Waals surface area contributed by atoms with Crippen LogP contribution in [0, 0.1) is 5.92 Å². The second-order valence-corrected chi connectivity index (χ2v) is 5.92. The number of rotatable bonds is 4. The quantitative estimate of drug-likeness (QED) is 0.833. The van der Waals surface area contributed by atoms with Gasteiger partial charge < -0.3 is 10.2 Å². The predicted molar refractivity (Wildman–Crippen MR) is 81.6 cm³/mol. The average Bonchev–Trinajstić information content (AvgIpc) is 2.81. The number of likely N-dealkylation sites (N-methyl/N-ethyl adjacent to an activating group) is 1. The fraction of sp³-hybridized carbons (Fsp3) is 0.529. The number of allylic oxidation sites excluding steroid dienone is 2. The van der Waals surface area contributed by atoms with Crippen molar-refractivity contribution in [2.45, 2.75) is 32.2 Å². The van der Waals surface area contributed by atoms with Gasteiger partial charge in [-0.3, -0.25) is 0 Å². The smallest absolute Gasteiger partial charge is 0.0397 e. The SMILES string of the molecule is CN1CCc2cc(CNCC3CC=CCC3)ccc21. The molecule has 0 radical (unpaired) electrons. The van der Waals surface area contributed by atoms with Crippen molar-refractivity contribution in [3.05, 3.63) is 41.5 Å². The monoisotopic (exact) mass is 256 g/mol. The van der Waals surface area contributed by atoms with E-state index < -0.39 is 0 Å². The molecule has 1 atom stereocenters. The molecule has 1 aliphatic heterocycles. The fourth-order valence-corrected chi connectivity index (χ4v) is 3.19. The maximum absolute atomic E-state index is 3.63. The lowest BCUT2D eigenvalue weighted by Crippen LogP contribution is -2.23. The van der Waals surface area contributed by atoms with Gasteiger partial charge in [0.05, 0.1) is 0 Å². The van der Waals surface area contributed by atoms with E-state index in [0.717, 1.165) is 19.0 Å². The van der Waals surface area contributed by atoms with E-state index in [4.69, 9.17) is 0 Å². The molecule has 0 saturated carbocycles. The molecule has 0 amide bonds. The average molecular weight is 256 g/mol. The molecule has 1 aromatic carbocycles. The summed E-state index contributed by atoms with van der Waals surface area (Å²) in [6, 6.07) is 6.93. The number of fused-ring (bicyclic) bond motifs is 1. The lowest BCUT2D eigenvalue weighted by Gasteiger charge is -2.18. The molecular formula is C17H24N2. The van der Waals surface area contributed by atoms with E-state index in [1.807, 2.05) is 0 Å². The maximum atomic E-state index is 3.63. The highest BCUT2D eigenvalue weighted by atomic mass is 15.1. The van der Waals surface area contributed by atoms with Crippen LogP contribution in [0.1, 0.15) is 30.4 Å². The fourth-order valence-electron chi connectivity index (χ4n) is 3.19. The van der Waals surface area contributed by atoms with E-state index in [1.165, 1.54) is 49.0 Å². The molecule has 1 heterocycles. The molecule has 2 heteroatoms. The minimum Gasteiger partial charge on any atom is -0.374 e. The molecule has 19 heavy (non-hydrogen) atoms. The second-order valence-electron chi connectivity index (χ2n) is 5.92. The van der Waals surface area contributed by atoms with E-state index in [2.05, 4.69) is 47.6 Å². The first-order valence-electron chi connectivity index (χ1n) is 7.51. The molecular weight excluding hydrogens is 232 g/mol. The Bertz CT molecular complexity index is 464. The van der Waals surface area contributed by atoms with Gasteiger partial charge in [-0.2, -0.15) is 0 Å². The van der Waals surface area contributed by atoms with Crippen LogP contribution >= 0.6 is 0 Å². The van der Waals surface area contributed by atoms with Gasteiger partial charge in [-0.1, -0.05) is 24.3 Å². The molecule has 0 spiro atoms. The number of benzene rings is 1. The highest BCUT2D eigenvalue weighted by molar-refractivity contribution is 5.58. The lowest BCUT2D eigenvalue weighted by molar-refractivity contribution is 0.440. The molecule has 0 saturated heterocycles. The summed E-state index contributed by atoms with van der Waals surface area (Å²) in [5.74, 6) is 0.838. The summed E-state index contributed by atoms with van der Waals surface area (Å²) < 4.78 is 0. The molecule has 1 unspecified atom stereocenters. The van der Waals surface area contributed by atoms with Gasteiger partial charge in [0.1, 0.15) is 0 Å². The van der Waals surface area contributed by atoms with Gasteiger partial charge in [-0.05, 0) is 55.3 Å². The first-order chi connectivity index (χ1) is 9.33. The van der Waals surface area contributed by atoms with E-state index in [-0.39, 0.29) is 0 Å². The van der Waals surface area contributed by atoms with Crippen LogP contribution in [-0.2, 0) is 13.0 Å². The third-order valence-electron chi connectivity index (χ3n) is 4.41. The van der Waals surface area contributed by atoms with E-state index >= 15 is 0 Å². The molecule has 2 nitrogen and oxygen atoms in total. The van der Waals surface area contributed by atoms with Gasteiger partial charge in [-0.15, -0.1) is 0 Å². The highest BCUT2D eigenvalue weighted by Crippen LogP contribution is 2.27. The van der Waals surface area contributed by atoms with Gasteiger partial charge in [-0.25, -0.2) is 0 Å². The topological polar surface area (TPSA) is 15.3 Å². The Morgan fingerprint density at radius 1 is 1.32 bits per heavy atom. The van der Waals surface area contributed by atoms with Crippen LogP contribution in [0.25, 0.3) is 0 Å². The molecule has 2 aliphatic rings. The van der Waals surface area contributed by atoms with Gasteiger partial charge in [0.2, 0.25) is 0 Å². The highest BCUT2D eigenvalue weighted by Gasteiger charge is 2.15. The van der Waals surface area contributed by atoms with Gasteiger partial charge in [0, 0.05) is 25.8 Å². The number of anilines is 1. The molecule has 1 aromatic rings. The summed E-state index contributed by atoms with van der Waals surface area (Å²) >= 11 is 0. The van der Waals surface area contributed by atoms with Crippen LogP contribution < -0.4 is 10.2 Å². The van der Waals surface area contributed by atoms with E-state index in [1.54, 1.807) is 0 Å². The molecule has 0 aromatic heterocycles. The van der Waals surface area contributed by atoms with Crippen molar-refractivity contribution in [1.29, 1.82) is 0 Å². The summed E-state index contributed by atoms with van der Waals surface area (Å²) in [5.41, 5.74) is 4.36. The molecule has 0 fully saturated rings. The van der Waals surface area contributed by atoms with Crippen molar-refractivity contribution in [2.24, 2.45) is 5.92 Å². The molecule has 102 valence electrons. The van der Waals surface area contributed by atoms with Crippen molar-refractivity contribution in [3.63, 3.8) is 0 Å². The number of nitrogens with one attached hydrogen (secondary N) is 1. The van der Waals surface area contributed by atoms with Crippen molar-refractivity contribution in [1.82, 2.24) is 5.32 Å². The van der Waals surface area contributed by atoms with Crippen LogP contribution in [0.4, 0.5) is 5.69 Å². The lowest BCUT2D eigenvalue weighted by atomic mass is 9.94. The summed E-state index contributed by atoms with van der Waals surface area (Å²) in [6.45, 7) is 3.33. The van der Waals surface area contributed by atoms with Gasteiger partial charge >= 0.3 is 0 Å². The first-order valence-corrected chi connectivity index (χ1v) is 7.51.